The van der Waals surface area contributed by atoms with Crippen LogP contribution in [0.5, 0.6) is 0 Å². The standard InChI is InChI=1S/C20H34N6O2/c1-4-22-19(23-12-17(16-6-7-16)24-20(27)28-5-2)25-10-8-15(3)18(13-25)26-11-9-21-14-26/h9,11,14-18H,4-8,10,12-13H2,1-3H3,(H,22,23)(H,24,27). The van der Waals surface area contributed by atoms with Crippen LogP contribution in [0.1, 0.15) is 46.1 Å². The number of hydrogen-bond acceptors (Lipinski definition) is 4. The maximum Gasteiger partial charge on any atom is 0.407 e. The van der Waals surface area contributed by atoms with Crippen molar-refractivity contribution in [2.24, 2.45) is 16.8 Å². The Morgan fingerprint density at radius 2 is 2.18 bits per heavy atom. The molecule has 156 valence electrons. The second-order valence-electron chi connectivity index (χ2n) is 7.79. The molecule has 1 aromatic heterocycles. The van der Waals surface area contributed by atoms with Crippen LogP contribution in [0.4, 0.5) is 4.79 Å². The van der Waals surface area contributed by atoms with Gasteiger partial charge in [-0.2, -0.15) is 0 Å². The van der Waals surface area contributed by atoms with Gasteiger partial charge in [-0.1, -0.05) is 6.92 Å². The summed E-state index contributed by atoms with van der Waals surface area (Å²) in [5, 5.41) is 6.42. The van der Waals surface area contributed by atoms with E-state index in [-0.39, 0.29) is 12.1 Å². The lowest BCUT2D eigenvalue weighted by Gasteiger charge is -2.39. The van der Waals surface area contributed by atoms with Crippen molar-refractivity contribution < 1.29 is 9.53 Å². The molecule has 1 aliphatic heterocycles. The number of ether oxygens (including phenoxy) is 1. The predicted molar refractivity (Wildman–Crippen MR) is 109 cm³/mol. The summed E-state index contributed by atoms with van der Waals surface area (Å²) in [4.78, 5) is 23.3. The van der Waals surface area contributed by atoms with Gasteiger partial charge in [0.25, 0.3) is 0 Å². The molecule has 1 amide bonds. The Balaban J connectivity index is 1.66. The fraction of sp³-hybridized carbons (Fsp3) is 0.750. The number of imidazole rings is 1. The van der Waals surface area contributed by atoms with Crippen LogP contribution >= 0.6 is 0 Å². The first-order valence-electron chi connectivity index (χ1n) is 10.6. The van der Waals surface area contributed by atoms with Crippen molar-refractivity contribution in [3.05, 3.63) is 18.7 Å². The number of nitrogens with zero attached hydrogens (tertiary/aromatic N) is 4. The van der Waals surface area contributed by atoms with Crippen LogP contribution in [0.15, 0.2) is 23.7 Å². The summed E-state index contributed by atoms with van der Waals surface area (Å²) in [6.45, 7) is 9.88. The molecule has 0 radical (unpaired) electrons. The van der Waals surface area contributed by atoms with E-state index in [2.05, 4.69) is 38.9 Å². The topological polar surface area (TPSA) is 83.8 Å². The Bertz CT molecular complexity index is 643. The fourth-order valence-corrected chi connectivity index (χ4v) is 3.84. The van der Waals surface area contributed by atoms with Gasteiger partial charge in [0.1, 0.15) is 0 Å². The third kappa shape index (κ3) is 5.39. The lowest BCUT2D eigenvalue weighted by molar-refractivity contribution is 0.147. The first-order chi connectivity index (χ1) is 13.6. The van der Waals surface area contributed by atoms with E-state index in [4.69, 9.17) is 9.73 Å². The third-order valence-corrected chi connectivity index (χ3v) is 5.67. The highest BCUT2D eigenvalue weighted by molar-refractivity contribution is 5.80. The fourth-order valence-electron chi connectivity index (χ4n) is 3.84. The summed E-state index contributed by atoms with van der Waals surface area (Å²) in [5.41, 5.74) is 0. The number of aromatic nitrogens is 2. The summed E-state index contributed by atoms with van der Waals surface area (Å²) < 4.78 is 7.26. The summed E-state index contributed by atoms with van der Waals surface area (Å²) >= 11 is 0. The number of piperidine rings is 1. The molecule has 0 aromatic carbocycles. The molecular formula is C20H34N6O2. The van der Waals surface area contributed by atoms with E-state index in [1.165, 1.54) is 0 Å². The number of amides is 1. The highest BCUT2D eigenvalue weighted by Crippen LogP contribution is 2.33. The van der Waals surface area contributed by atoms with Gasteiger partial charge < -0.3 is 24.8 Å². The van der Waals surface area contributed by atoms with Crippen LogP contribution in [0.3, 0.4) is 0 Å². The molecule has 8 nitrogen and oxygen atoms in total. The van der Waals surface area contributed by atoms with Crippen LogP contribution < -0.4 is 10.6 Å². The Kier molecular flexibility index (Phi) is 7.17. The summed E-state index contributed by atoms with van der Waals surface area (Å²) in [6.07, 6.45) is 8.85. The van der Waals surface area contributed by atoms with Crippen LogP contribution in [-0.4, -0.2) is 65.3 Å². The Morgan fingerprint density at radius 1 is 1.36 bits per heavy atom. The quantitative estimate of drug-likeness (QED) is 0.551. The van der Waals surface area contributed by atoms with E-state index >= 15 is 0 Å². The van der Waals surface area contributed by atoms with Gasteiger partial charge in [0.2, 0.25) is 0 Å². The van der Waals surface area contributed by atoms with Crippen molar-refractivity contribution >= 4 is 12.1 Å². The summed E-state index contributed by atoms with van der Waals surface area (Å²) in [5.74, 6) is 2.03. The van der Waals surface area contributed by atoms with Crippen LogP contribution in [-0.2, 0) is 4.74 Å². The molecule has 3 unspecified atom stereocenters. The van der Waals surface area contributed by atoms with Crippen molar-refractivity contribution in [2.45, 2.75) is 52.1 Å². The van der Waals surface area contributed by atoms with Gasteiger partial charge in [0.15, 0.2) is 5.96 Å². The Hall–Kier alpha value is -2.25. The normalized spacial score (nSPS) is 24.0. The summed E-state index contributed by atoms with van der Waals surface area (Å²) in [6, 6.07) is 0.429. The molecule has 1 aliphatic carbocycles. The molecule has 2 fully saturated rings. The van der Waals surface area contributed by atoms with Gasteiger partial charge in [-0.25, -0.2) is 9.78 Å². The predicted octanol–water partition coefficient (Wildman–Crippen LogP) is 2.26. The molecule has 1 aromatic rings. The Morgan fingerprint density at radius 3 is 2.82 bits per heavy atom. The largest absolute Gasteiger partial charge is 0.450 e. The molecule has 1 saturated heterocycles. The molecule has 2 heterocycles. The molecule has 0 spiro atoms. The maximum absolute atomic E-state index is 11.9. The van der Waals surface area contributed by atoms with Gasteiger partial charge in [0.05, 0.1) is 31.6 Å². The first-order valence-corrected chi connectivity index (χ1v) is 10.6. The molecule has 0 bridgehead atoms. The van der Waals surface area contributed by atoms with Gasteiger partial charge >= 0.3 is 6.09 Å². The first kappa shape index (κ1) is 20.5. The number of carbonyl (C=O) groups excluding carboxylic acids is 1. The molecule has 2 N–H and O–H groups in total. The number of alkyl carbamates (subject to hydrolysis) is 1. The average Bonchev–Trinajstić information content (AvgIpc) is 3.39. The van der Waals surface area contributed by atoms with Crippen molar-refractivity contribution in [3.63, 3.8) is 0 Å². The minimum atomic E-state index is -0.341. The zero-order valence-corrected chi connectivity index (χ0v) is 17.3. The highest BCUT2D eigenvalue weighted by Gasteiger charge is 2.33. The molecule has 3 atom stereocenters. The van der Waals surface area contributed by atoms with E-state index in [1.807, 2.05) is 25.6 Å². The van der Waals surface area contributed by atoms with E-state index in [9.17, 15) is 4.79 Å². The molecular weight excluding hydrogens is 356 g/mol. The zero-order chi connectivity index (χ0) is 19.9. The van der Waals surface area contributed by atoms with E-state index in [0.717, 1.165) is 44.9 Å². The molecule has 2 aliphatic rings. The highest BCUT2D eigenvalue weighted by atomic mass is 16.5. The minimum absolute atomic E-state index is 0.0425. The van der Waals surface area contributed by atoms with Gasteiger partial charge in [0, 0.05) is 32.0 Å². The number of hydrogen-bond donors (Lipinski definition) is 2. The SMILES string of the molecule is CCNC(=NCC(NC(=O)OCC)C1CC1)N1CCC(C)C(n2ccnc2)C1. The van der Waals surface area contributed by atoms with Crippen molar-refractivity contribution in [3.8, 4) is 0 Å². The molecule has 8 heteroatoms. The smallest absolute Gasteiger partial charge is 0.407 e. The van der Waals surface area contributed by atoms with E-state index in [0.29, 0.717) is 31.0 Å². The lowest BCUT2D eigenvalue weighted by atomic mass is 9.93. The maximum atomic E-state index is 11.9. The lowest BCUT2D eigenvalue weighted by Crippen LogP contribution is -2.49. The second kappa shape index (κ2) is 9.80. The van der Waals surface area contributed by atoms with E-state index in [1.54, 1.807) is 0 Å². The van der Waals surface area contributed by atoms with Crippen molar-refractivity contribution in [2.75, 3.05) is 32.8 Å². The number of aliphatic imine (C=N–C) groups is 1. The molecule has 1 saturated carbocycles. The average molecular weight is 391 g/mol. The van der Waals surface area contributed by atoms with Crippen molar-refractivity contribution in [1.82, 2.24) is 25.1 Å². The number of nitrogens with one attached hydrogen (secondary N) is 2. The number of likely N-dealkylation sites (tertiary alicyclic amines) is 1. The number of carbonyl (C=O) groups is 1. The van der Waals surface area contributed by atoms with Crippen LogP contribution in [0.25, 0.3) is 0 Å². The van der Waals surface area contributed by atoms with Gasteiger partial charge in [-0.3, -0.25) is 4.99 Å². The zero-order valence-electron chi connectivity index (χ0n) is 17.3. The van der Waals surface area contributed by atoms with Gasteiger partial charge in [-0.05, 0) is 44.9 Å². The summed E-state index contributed by atoms with van der Waals surface area (Å²) in [7, 11) is 0. The molecule has 3 rings (SSSR count). The third-order valence-electron chi connectivity index (χ3n) is 5.67. The molecule has 28 heavy (non-hydrogen) atoms. The van der Waals surface area contributed by atoms with Gasteiger partial charge in [-0.15, -0.1) is 0 Å². The Labute approximate surface area is 167 Å². The monoisotopic (exact) mass is 390 g/mol. The van der Waals surface area contributed by atoms with Crippen molar-refractivity contribution in [1.29, 1.82) is 0 Å². The van der Waals surface area contributed by atoms with Crippen LogP contribution in [0.2, 0.25) is 0 Å². The number of rotatable bonds is 7. The number of guanidine groups is 1. The second-order valence-corrected chi connectivity index (χ2v) is 7.79. The van der Waals surface area contributed by atoms with E-state index < -0.39 is 0 Å². The van der Waals surface area contributed by atoms with Crippen LogP contribution in [0, 0.1) is 11.8 Å². The minimum Gasteiger partial charge on any atom is -0.450 e.